The number of amidine groups is 1. The summed E-state index contributed by atoms with van der Waals surface area (Å²) in [6.45, 7) is 2.42. The first-order valence-corrected chi connectivity index (χ1v) is 6.70. The van der Waals surface area contributed by atoms with Crippen LogP contribution in [0.15, 0.2) is 0 Å². The van der Waals surface area contributed by atoms with E-state index in [9.17, 15) is 0 Å². The smallest absolute Gasteiger partial charge is 0.0905 e. The van der Waals surface area contributed by atoms with Gasteiger partial charge in [0.25, 0.3) is 0 Å². The van der Waals surface area contributed by atoms with Crippen LogP contribution in [-0.2, 0) is 0 Å². The molecule has 0 aromatic rings. The van der Waals surface area contributed by atoms with E-state index in [0.717, 1.165) is 25.3 Å². The van der Waals surface area contributed by atoms with E-state index in [0.29, 0.717) is 5.84 Å². The SMILES string of the molecule is CN(CCCCC(=N)N)CC1CCCCC1. The van der Waals surface area contributed by atoms with Crippen LogP contribution in [0.1, 0.15) is 51.4 Å². The molecule has 0 spiro atoms. The van der Waals surface area contributed by atoms with Crippen molar-refractivity contribution >= 4 is 5.84 Å². The van der Waals surface area contributed by atoms with Gasteiger partial charge in [-0.15, -0.1) is 0 Å². The third-order valence-electron chi connectivity index (χ3n) is 3.53. The molecule has 0 heterocycles. The van der Waals surface area contributed by atoms with Gasteiger partial charge in [0.1, 0.15) is 0 Å². The molecule has 0 amide bonds. The molecule has 3 nitrogen and oxygen atoms in total. The molecule has 0 unspecified atom stereocenters. The lowest BCUT2D eigenvalue weighted by molar-refractivity contribution is 0.231. The Morgan fingerprint density at radius 1 is 1.25 bits per heavy atom. The lowest BCUT2D eigenvalue weighted by Crippen LogP contribution is -2.28. The maximum atomic E-state index is 7.15. The van der Waals surface area contributed by atoms with Crippen molar-refractivity contribution in [1.29, 1.82) is 5.41 Å². The van der Waals surface area contributed by atoms with E-state index in [1.165, 1.54) is 45.1 Å². The largest absolute Gasteiger partial charge is 0.388 e. The van der Waals surface area contributed by atoms with Crippen LogP contribution >= 0.6 is 0 Å². The third kappa shape index (κ3) is 6.11. The average molecular weight is 225 g/mol. The Morgan fingerprint density at radius 3 is 2.56 bits per heavy atom. The number of hydrogen-bond acceptors (Lipinski definition) is 2. The molecule has 3 heteroatoms. The van der Waals surface area contributed by atoms with E-state index in [2.05, 4.69) is 11.9 Å². The van der Waals surface area contributed by atoms with E-state index < -0.39 is 0 Å². The summed E-state index contributed by atoms with van der Waals surface area (Å²) in [5.41, 5.74) is 5.33. The van der Waals surface area contributed by atoms with E-state index in [1.54, 1.807) is 0 Å². The van der Waals surface area contributed by atoms with Crippen molar-refractivity contribution in [2.75, 3.05) is 20.1 Å². The van der Waals surface area contributed by atoms with Gasteiger partial charge in [0.05, 0.1) is 5.84 Å². The Bertz CT molecular complexity index is 197. The minimum absolute atomic E-state index is 0.329. The molecule has 0 radical (unpaired) electrons. The van der Waals surface area contributed by atoms with Crippen molar-refractivity contribution in [3.8, 4) is 0 Å². The van der Waals surface area contributed by atoms with Crippen molar-refractivity contribution in [3.05, 3.63) is 0 Å². The van der Waals surface area contributed by atoms with Crippen LogP contribution in [0.2, 0.25) is 0 Å². The van der Waals surface area contributed by atoms with E-state index >= 15 is 0 Å². The van der Waals surface area contributed by atoms with Gasteiger partial charge in [0, 0.05) is 13.0 Å². The number of nitrogens with two attached hydrogens (primary N) is 1. The lowest BCUT2D eigenvalue weighted by atomic mass is 9.89. The second-order valence-corrected chi connectivity index (χ2v) is 5.25. The molecule has 0 aliphatic heterocycles. The lowest BCUT2D eigenvalue weighted by Gasteiger charge is -2.26. The zero-order valence-electron chi connectivity index (χ0n) is 10.7. The van der Waals surface area contributed by atoms with Crippen molar-refractivity contribution < 1.29 is 0 Å². The first-order valence-electron chi connectivity index (χ1n) is 6.70. The number of nitrogens with one attached hydrogen (secondary N) is 1. The van der Waals surface area contributed by atoms with Crippen LogP contribution in [0.25, 0.3) is 0 Å². The minimum atomic E-state index is 0.329. The second kappa shape index (κ2) is 7.66. The van der Waals surface area contributed by atoms with Gasteiger partial charge in [-0.3, -0.25) is 5.41 Å². The summed E-state index contributed by atoms with van der Waals surface area (Å²) in [7, 11) is 2.22. The van der Waals surface area contributed by atoms with Crippen LogP contribution in [0.4, 0.5) is 0 Å². The van der Waals surface area contributed by atoms with Crippen molar-refractivity contribution in [2.24, 2.45) is 11.7 Å². The highest BCUT2D eigenvalue weighted by Gasteiger charge is 2.14. The summed E-state index contributed by atoms with van der Waals surface area (Å²) in [6.07, 6.45) is 10.2. The monoisotopic (exact) mass is 225 g/mol. The third-order valence-corrected chi connectivity index (χ3v) is 3.53. The zero-order valence-corrected chi connectivity index (χ0v) is 10.7. The van der Waals surface area contributed by atoms with Crippen molar-refractivity contribution in [3.63, 3.8) is 0 Å². The molecule has 1 aliphatic carbocycles. The highest BCUT2D eigenvalue weighted by atomic mass is 15.1. The van der Waals surface area contributed by atoms with Crippen molar-refractivity contribution in [2.45, 2.75) is 51.4 Å². The summed E-state index contributed by atoms with van der Waals surface area (Å²) in [4.78, 5) is 2.45. The summed E-state index contributed by atoms with van der Waals surface area (Å²) >= 11 is 0. The molecule has 1 saturated carbocycles. The minimum Gasteiger partial charge on any atom is -0.388 e. The van der Waals surface area contributed by atoms with Crippen LogP contribution in [0.5, 0.6) is 0 Å². The molecule has 0 aromatic carbocycles. The molecular weight excluding hydrogens is 198 g/mol. The fourth-order valence-corrected chi connectivity index (χ4v) is 2.60. The first kappa shape index (κ1) is 13.5. The summed E-state index contributed by atoms with van der Waals surface area (Å²) in [6, 6.07) is 0. The fraction of sp³-hybridized carbons (Fsp3) is 0.923. The van der Waals surface area contributed by atoms with Crippen LogP contribution < -0.4 is 5.73 Å². The van der Waals surface area contributed by atoms with E-state index in [-0.39, 0.29) is 0 Å². The highest BCUT2D eigenvalue weighted by Crippen LogP contribution is 2.24. The predicted molar refractivity (Wildman–Crippen MR) is 69.8 cm³/mol. The molecular formula is C13H27N3. The number of hydrogen-bond donors (Lipinski definition) is 2. The molecule has 0 bridgehead atoms. The van der Waals surface area contributed by atoms with E-state index in [4.69, 9.17) is 11.1 Å². The van der Waals surface area contributed by atoms with Gasteiger partial charge < -0.3 is 10.6 Å². The molecule has 1 rings (SSSR count). The average Bonchev–Trinajstić information content (AvgIpc) is 2.25. The van der Waals surface area contributed by atoms with Gasteiger partial charge in [-0.2, -0.15) is 0 Å². The molecule has 0 atom stereocenters. The van der Waals surface area contributed by atoms with Crippen LogP contribution in [-0.4, -0.2) is 30.9 Å². The summed E-state index contributed by atoms with van der Waals surface area (Å²) in [5, 5.41) is 7.15. The molecule has 0 aromatic heterocycles. The van der Waals surface area contributed by atoms with Crippen LogP contribution in [0, 0.1) is 11.3 Å². The maximum Gasteiger partial charge on any atom is 0.0905 e. The molecule has 0 saturated heterocycles. The molecule has 1 aliphatic rings. The molecule has 3 N–H and O–H groups in total. The quantitative estimate of drug-likeness (QED) is 0.397. The highest BCUT2D eigenvalue weighted by molar-refractivity contribution is 5.76. The predicted octanol–water partition coefficient (Wildman–Crippen LogP) is 2.60. The van der Waals surface area contributed by atoms with Gasteiger partial charge >= 0.3 is 0 Å². The van der Waals surface area contributed by atoms with Crippen LogP contribution in [0.3, 0.4) is 0 Å². The Balaban J connectivity index is 2.01. The number of nitrogens with zero attached hydrogens (tertiary/aromatic N) is 1. The van der Waals surface area contributed by atoms with E-state index in [1.807, 2.05) is 0 Å². The van der Waals surface area contributed by atoms with Gasteiger partial charge in [-0.25, -0.2) is 0 Å². The van der Waals surface area contributed by atoms with Gasteiger partial charge in [0.2, 0.25) is 0 Å². The summed E-state index contributed by atoms with van der Waals surface area (Å²) in [5.74, 6) is 1.27. The summed E-state index contributed by atoms with van der Waals surface area (Å²) < 4.78 is 0. The fourth-order valence-electron chi connectivity index (χ4n) is 2.60. The Labute approximate surface area is 99.9 Å². The topological polar surface area (TPSA) is 53.1 Å². The van der Waals surface area contributed by atoms with Gasteiger partial charge in [-0.05, 0) is 45.2 Å². The normalized spacial score (nSPS) is 17.9. The Hall–Kier alpha value is -0.570. The molecule has 1 fully saturated rings. The van der Waals surface area contributed by atoms with Gasteiger partial charge in [0.15, 0.2) is 0 Å². The number of rotatable bonds is 7. The maximum absolute atomic E-state index is 7.15. The molecule has 16 heavy (non-hydrogen) atoms. The first-order chi connectivity index (χ1) is 7.68. The standard InChI is InChI=1S/C13H27N3/c1-16(10-6-5-9-13(14)15)11-12-7-3-2-4-8-12/h12H,2-11H2,1H3,(H3,14,15). The number of unbranched alkanes of at least 4 members (excludes halogenated alkanes) is 1. The molecule has 94 valence electrons. The second-order valence-electron chi connectivity index (χ2n) is 5.25. The van der Waals surface area contributed by atoms with Crippen molar-refractivity contribution in [1.82, 2.24) is 4.90 Å². The van der Waals surface area contributed by atoms with Gasteiger partial charge in [-0.1, -0.05) is 19.3 Å². The Morgan fingerprint density at radius 2 is 1.94 bits per heavy atom. The Kier molecular flexibility index (Phi) is 6.46. The zero-order chi connectivity index (χ0) is 11.8.